The molecule has 0 amide bonds. The zero-order valence-corrected chi connectivity index (χ0v) is 7.89. The van der Waals surface area contributed by atoms with E-state index in [1.807, 2.05) is 6.08 Å². The van der Waals surface area contributed by atoms with Crippen molar-refractivity contribution < 1.29 is 0 Å². The van der Waals surface area contributed by atoms with Crippen molar-refractivity contribution in [2.75, 3.05) is 19.6 Å². The van der Waals surface area contributed by atoms with Gasteiger partial charge in [0, 0.05) is 19.6 Å². The van der Waals surface area contributed by atoms with E-state index in [1.54, 1.807) is 0 Å². The second-order valence-electron chi connectivity index (χ2n) is 4.52. The summed E-state index contributed by atoms with van der Waals surface area (Å²) in [6.07, 6.45) is 9.42. The fourth-order valence-electron chi connectivity index (χ4n) is 2.83. The molecular weight excluding hydrogens is 146 g/mol. The first kappa shape index (κ1) is 8.31. The molecule has 0 bridgehead atoms. The molecule has 0 aromatic carbocycles. The molecule has 0 N–H and O–H groups in total. The van der Waals surface area contributed by atoms with Crippen LogP contribution in [0.2, 0.25) is 0 Å². The second kappa shape index (κ2) is 3.21. The van der Waals surface area contributed by atoms with Gasteiger partial charge in [0.2, 0.25) is 0 Å². The average molecular weight is 165 g/mol. The molecule has 0 aromatic heterocycles. The number of hydrogen-bond donors (Lipinski definition) is 0. The van der Waals surface area contributed by atoms with Gasteiger partial charge in [-0.15, -0.1) is 6.58 Å². The Labute approximate surface area is 75.4 Å². The van der Waals surface area contributed by atoms with E-state index >= 15 is 0 Å². The molecule has 1 heteroatoms. The normalized spacial score (nSPS) is 28.3. The molecule has 0 radical (unpaired) electrons. The predicted octanol–water partition coefficient (Wildman–Crippen LogP) is 2.44. The smallest absolute Gasteiger partial charge is 0.0161 e. The van der Waals surface area contributed by atoms with Gasteiger partial charge in [-0.25, -0.2) is 0 Å². The van der Waals surface area contributed by atoms with Gasteiger partial charge >= 0.3 is 0 Å². The first-order valence-electron chi connectivity index (χ1n) is 5.18. The highest BCUT2D eigenvalue weighted by molar-refractivity contribution is 4.97. The Morgan fingerprint density at radius 3 is 2.42 bits per heavy atom. The van der Waals surface area contributed by atoms with Crippen LogP contribution in [0.5, 0.6) is 0 Å². The van der Waals surface area contributed by atoms with E-state index in [-0.39, 0.29) is 0 Å². The van der Waals surface area contributed by atoms with Crippen LogP contribution < -0.4 is 0 Å². The van der Waals surface area contributed by atoms with Crippen LogP contribution in [0.3, 0.4) is 0 Å². The van der Waals surface area contributed by atoms with Crippen LogP contribution in [0.4, 0.5) is 0 Å². The molecular formula is C11H19N. The minimum absolute atomic E-state index is 0.751. The monoisotopic (exact) mass is 165 g/mol. The van der Waals surface area contributed by atoms with Gasteiger partial charge in [-0.05, 0) is 18.3 Å². The van der Waals surface area contributed by atoms with Gasteiger partial charge in [-0.1, -0.05) is 25.3 Å². The van der Waals surface area contributed by atoms with E-state index in [1.165, 1.54) is 45.2 Å². The largest absolute Gasteiger partial charge is 0.298 e. The number of hydrogen-bond acceptors (Lipinski definition) is 1. The lowest BCUT2D eigenvalue weighted by molar-refractivity contribution is -0.0198. The highest BCUT2D eigenvalue weighted by atomic mass is 15.2. The van der Waals surface area contributed by atoms with Crippen LogP contribution in [0, 0.1) is 5.41 Å². The van der Waals surface area contributed by atoms with Crippen molar-refractivity contribution in [3.8, 4) is 0 Å². The summed E-state index contributed by atoms with van der Waals surface area (Å²) >= 11 is 0. The maximum Gasteiger partial charge on any atom is 0.0161 e. The Bertz CT molecular complexity index is 160. The molecule has 1 saturated carbocycles. The summed E-state index contributed by atoms with van der Waals surface area (Å²) in [4.78, 5) is 2.51. The van der Waals surface area contributed by atoms with Gasteiger partial charge in [-0.3, -0.25) is 4.90 Å². The Morgan fingerprint density at radius 2 is 1.83 bits per heavy atom. The topological polar surface area (TPSA) is 3.24 Å². The van der Waals surface area contributed by atoms with Gasteiger partial charge in [0.15, 0.2) is 0 Å². The standard InChI is InChI=1S/C11H19N/c1-2-8-12-9-11(10-12)6-4-3-5-7-11/h2H,1,3-10H2. The van der Waals surface area contributed by atoms with E-state index in [4.69, 9.17) is 0 Å². The highest BCUT2D eigenvalue weighted by Gasteiger charge is 2.42. The molecule has 0 aromatic rings. The SMILES string of the molecule is C=CCN1CC2(CCCCC2)C1. The zero-order valence-electron chi connectivity index (χ0n) is 7.89. The van der Waals surface area contributed by atoms with Gasteiger partial charge in [0.1, 0.15) is 0 Å². The average Bonchev–Trinajstić information content (AvgIpc) is 2.04. The summed E-state index contributed by atoms with van der Waals surface area (Å²) in [6.45, 7) is 7.57. The molecule has 1 saturated heterocycles. The molecule has 0 unspecified atom stereocenters. The van der Waals surface area contributed by atoms with Crippen LogP contribution in [0.15, 0.2) is 12.7 Å². The van der Waals surface area contributed by atoms with Crippen molar-refractivity contribution in [3.63, 3.8) is 0 Å². The lowest BCUT2D eigenvalue weighted by Crippen LogP contribution is -2.56. The molecule has 1 aliphatic carbocycles. The third-order valence-corrected chi connectivity index (χ3v) is 3.42. The Morgan fingerprint density at radius 1 is 1.17 bits per heavy atom. The first-order chi connectivity index (χ1) is 5.85. The molecule has 1 heterocycles. The van der Waals surface area contributed by atoms with Gasteiger partial charge < -0.3 is 0 Å². The third kappa shape index (κ3) is 1.42. The summed E-state index contributed by atoms with van der Waals surface area (Å²) in [6, 6.07) is 0. The minimum atomic E-state index is 0.751. The number of rotatable bonds is 2. The maximum atomic E-state index is 3.77. The second-order valence-corrected chi connectivity index (χ2v) is 4.52. The number of likely N-dealkylation sites (tertiary alicyclic amines) is 1. The Kier molecular flexibility index (Phi) is 2.22. The van der Waals surface area contributed by atoms with Gasteiger partial charge in [-0.2, -0.15) is 0 Å². The summed E-state index contributed by atoms with van der Waals surface area (Å²) in [7, 11) is 0. The van der Waals surface area contributed by atoms with Crippen LogP contribution in [0.25, 0.3) is 0 Å². The van der Waals surface area contributed by atoms with Crippen molar-refractivity contribution in [1.82, 2.24) is 4.90 Å². The Balaban J connectivity index is 1.80. The summed E-state index contributed by atoms with van der Waals surface area (Å²) < 4.78 is 0. The number of nitrogens with zero attached hydrogens (tertiary/aromatic N) is 1. The first-order valence-corrected chi connectivity index (χ1v) is 5.18. The van der Waals surface area contributed by atoms with Crippen molar-refractivity contribution >= 4 is 0 Å². The Hall–Kier alpha value is -0.300. The molecule has 0 atom stereocenters. The van der Waals surface area contributed by atoms with Crippen LogP contribution in [0.1, 0.15) is 32.1 Å². The predicted molar refractivity (Wildman–Crippen MR) is 52.2 cm³/mol. The molecule has 2 rings (SSSR count). The van der Waals surface area contributed by atoms with Crippen molar-refractivity contribution in [2.45, 2.75) is 32.1 Å². The summed E-state index contributed by atoms with van der Waals surface area (Å²) in [5.41, 5.74) is 0.751. The molecule has 12 heavy (non-hydrogen) atoms. The summed E-state index contributed by atoms with van der Waals surface area (Å²) in [5, 5.41) is 0. The molecule has 1 aliphatic heterocycles. The molecule has 1 nitrogen and oxygen atoms in total. The van der Waals surface area contributed by atoms with Crippen LogP contribution in [-0.2, 0) is 0 Å². The van der Waals surface area contributed by atoms with E-state index in [2.05, 4.69) is 11.5 Å². The zero-order chi connectivity index (χ0) is 8.44. The minimum Gasteiger partial charge on any atom is -0.298 e. The van der Waals surface area contributed by atoms with Crippen molar-refractivity contribution in [1.29, 1.82) is 0 Å². The molecule has 1 spiro atoms. The summed E-state index contributed by atoms with van der Waals surface area (Å²) in [5.74, 6) is 0. The molecule has 2 aliphatic rings. The fourth-order valence-corrected chi connectivity index (χ4v) is 2.83. The molecule has 2 fully saturated rings. The third-order valence-electron chi connectivity index (χ3n) is 3.42. The quantitative estimate of drug-likeness (QED) is 0.568. The highest BCUT2D eigenvalue weighted by Crippen LogP contribution is 2.43. The molecule has 68 valence electrons. The van der Waals surface area contributed by atoms with Gasteiger partial charge in [0.25, 0.3) is 0 Å². The van der Waals surface area contributed by atoms with Crippen molar-refractivity contribution in [2.24, 2.45) is 5.41 Å². The van der Waals surface area contributed by atoms with E-state index in [0.29, 0.717) is 0 Å². The maximum absolute atomic E-state index is 3.77. The van der Waals surface area contributed by atoms with Crippen molar-refractivity contribution in [3.05, 3.63) is 12.7 Å². The fraction of sp³-hybridized carbons (Fsp3) is 0.818. The van der Waals surface area contributed by atoms with Crippen LogP contribution in [-0.4, -0.2) is 24.5 Å². The lowest BCUT2D eigenvalue weighted by Gasteiger charge is -2.52. The van der Waals surface area contributed by atoms with Gasteiger partial charge in [0.05, 0.1) is 0 Å². The van der Waals surface area contributed by atoms with Crippen LogP contribution >= 0.6 is 0 Å². The van der Waals surface area contributed by atoms with E-state index < -0.39 is 0 Å². The van der Waals surface area contributed by atoms with E-state index in [9.17, 15) is 0 Å². The lowest BCUT2D eigenvalue weighted by atomic mass is 9.69. The van der Waals surface area contributed by atoms with E-state index in [0.717, 1.165) is 12.0 Å².